The Labute approximate surface area is 290 Å². The molecule has 0 fully saturated rings. The summed E-state index contributed by atoms with van der Waals surface area (Å²) in [6, 6.07) is 67.5. The quantitative estimate of drug-likeness (QED) is 0.187. The lowest BCUT2D eigenvalue weighted by Gasteiger charge is -2.27. The summed E-state index contributed by atoms with van der Waals surface area (Å²) in [5.74, 6) is 0. The predicted octanol–water partition coefficient (Wildman–Crippen LogP) is 13.8. The van der Waals surface area contributed by atoms with Crippen LogP contribution in [0.2, 0.25) is 0 Å². The number of rotatable bonds is 5. The fourth-order valence-corrected chi connectivity index (χ4v) is 7.72. The van der Waals surface area contributed by atoms with Crippen molar-refractivity contribution in [3.05, 3.63) is 188 Å². The van der Waals surface area contributed by atoms with Gasteiger partial charge in [-0.3, -0.25) is 0 Å². The lowest BCUT2D eigenvalue weighted by molar-refractivity contribution is 0.672. The molecule has 0 bridgehead atoms. The zero-order valence-electron chi connectivity index (χ0n) is 27.3. The van der Waals surface area contributed by atoms with Gasteiger partial charge in [-0.05, 0) is 91.6 Å². The van der Waals surface area contributed by atoms with Crippen molar-refractivity contribution in [3.63, 3.8) is 0 Å². The summed E-state index contributed by atoms with van der Waals surface area (Å²) in [7, 11) is 0. The number of anilines is 3. The molecule has 0 aliphatic carbocycles. The molecule has 0 N–H and O–H groups in total. The minimum atomic E-state index is 0.873. The number of nitrogens with zero attached hydrogens (tertiary/aromatic N) is 1. The van der Waals surface area contributed by atoms with Gasteiger partial charge in [0, 0.05) is 22.1 Å². The van der Waals surface area contributed by atoms with Crippen LogP contribution in [-0.4, -0.2) is 0 Å². The second-order valence-corrected chi connectivity index (χ2v) is 12.9. The molecule has 1 aromatic heterocycles. The highest BCUT2D eigenvalue weighted by atomic mass is 16.3. The lowest BCUT2D eigenvalue weighted by Crippen LogP contribution is -2.10. The third kappa shape index (κ3) is 4.57. The molecule has 0 spiro atoms. The summed E-state index contributed by atoms with van der Waals surface area (Å²) in [6.45, 7) is 0. The van der Waals surface area contributed by atoms with Crippen LogP contribution in [0.25, 0.3) is 76.5 Å². The monoisotopic (exact) mass is 637 g/mol. The number of hydrogen-bond donors (Lipinski definition) is 0. The zero-order valence-corrected chi connectivity index (χ0v) is 27.3. The standard InChI is InChI=1S/C48H31NO/c1-2-13-33(14-3-1)40-22-9-17-35-18-10-23-41(46(35)40)37-19-8-20-38(31-37)49(39-28-26-32-12-4-5-16-36(32)30-39)44-24-11-25-45-47(44)43-29-27-34-15-6-7-21-42(34)48(43)50-45/h1-31H. The third-order valence-electron chi connectivity index (χ3n) is 10.0. The van der Waals surface area contributed by atoms with Crippen molar-refractivity contribution in [3.8, 4) is 22.3 Å². The molecule has 1 heterocycles. The summed E-state index contributed by atoms with van der Waals surface area (Å²) in [4.78, 5) is 2.39. The van der Waals surface area contributed by atoms with E-state index in [0.717, 1.165) is 50.0 Å². The van der Waals surface area contributed by atoms with Gasteiger partial charge >= 0.3 is 0 Å². The Bertz CT molecular complexity index is 2880. The second kappa shape index (κ2) is 11.5. The number of hydrogen-bond acceptors (Lipinski definition) is 2. The Morgan fingerprint density at radius 1 is 0.360 bits per heavy atom. The molecule has 0 saturated carbocycles. The highest BCUT2D eigenvalue weighted by molar-refractivity contribution is 6.19. The number of fused-ring (bicyclic) bond motifs is 7. The fourth-order valence-electron chi connectivity index (χ4n) is 7.72. The molecule has 9 aromatic carbocycles. The van der Waals surface area contributed by atoms with Gasteiger partial charge < -0.3 is 9.32 Å². The highest BCUT2D eigenvalue weighted by Gasteiger charge is 2.21. The van der Waals surface area contributed by atoms with E-state index in [4.69, 9.17) is 4.42 Å². The molecule has 50 heavy (non-hydrogen) atoms. The number of benzene rings is 9. The Morgan fingerprint density at radius 3 is 1.86 bits per heavy atom. The zero-order chi connectivity index (χ0) is 33.0. The molecule has 10 rings (SSSR count). The molecule has 0 unspecified atom stereocenters. The van der Waals surface area contributed by atoms with E-state index in [0.29, 0.717) is 0 Å². The second-order valence-electron chi connectivity index (χ2n) is 12.9. The Hall–Kier alpha value is -6.64. The van der Waals surface area contributed by atoms with Gasteiger partial charge in [-0.1, -0.05) is 146 Å². The molecule has 0 aliphatic rings. The van der Waals surface area contributed by atoms with E-state index in [-0.39, 0.29) is 0 Å². The Morgan fingerprint density at radius 2 is 1.00 bits per heavy atom. The molecular formula is C48H31NO. The molecule has 0 saturated heterocycles. The smallest absolute Gasteiger partial charge is 0.143 e. The molecule has 2 heteroatoms. The van der Waals surface area contributed by atoms with Gasteiger partial charge in [0.25, 0.3) is 0 Å². The van der Waals surface area contributed by atoms with E-state index in [1.54, 1.807) is 0 Å². The molecule has 0 aliphatic heterocycles. The SMILES string of the molecule is c1ccc(-c2cccc3cccc(-c4cccc(N(c5ccc6ccccc6c5)c5cccc6oc7c8ccccc8ccc7c56)c4)c23)cc1. The molecule has 234 valence electrons. The molecule has 2 nitrogen and oxygen atoms in total. The van der Waals surface area contributed by atoms with E-state index < -0.39 is 0 Å². The van der Waals surface area contributed by atoms with Crippen molar-refractivity contribution in [2.45, 2.75) is 0 Å². The van der Waals surface area contributed by atoms with E-state index in [1.165, 1.54) is 43.6 Å². The van der Waals surface area contributed by atoms with E-state index in [2.05, 4.69) is 193 Å². The van der Waals surface area contributed by atoms with Crippen molar-refractivity contribution >= 4 is 71.3 Å². The Balaban J connectivity index is 1.23. The summed E-state index contributed by atoms with van der Waals surface area (Å²) < 4.78 is 6.67. The van der Waals surface area contributed by atoms with Crippen LogP contribution in [-0.2, 0) is 0 Å². The van der Waals surface area contributed by atoms with Gasteiger partial charge in [0.05, 0.1) is 11.1 Å². The summed E-state index contributed by atoms with van der Waals surface area (Å²) in [5, 5.41) is 9.39. The number of furan rings is 1. The molecule has 0 radical (unpaired) electrons. The molecule has 10 aromatic rings. The highest BCUT2D eigenvalue weighted by Crippen LogP contribution is 2.46. The van der Waals surface area contributed by atoms with Crippen LogP contribution in [0.5, 0.6) is 0 Å². The van der Waals surface area contributed by atoms with Gasteiger partial charge in [-0.15, -0.1) is 0 Å². The van der Waals surface area contributed by atoms with Crippen LogP contribution in [0, 0.1) is 0 Å². The van der Waals surface area contributed by atoms with Crippen molar-refractivity contribution in [1.82, 2.24) is 0 Å². The summed E-state index contributed by atoms with van der Waals surface area (Å²) >= 11 is 0. The first-order valence-electron chi connectivity index (χ1n) is 17.1. The van der Waals surface area contributed by atoms with Crippen LogP contribution < -0.4 is 4.90 Å². The first-order chi connectivity index (χ1) is 24.8. The average molecular weight is 638 g/mol. The molecule has 0 amide bonds. The van der Waals surface area contributed by atoms with Crippen LogP contribution in [0.15, 0.2) is 192 Å². The van der Waals surface area contributed by atoms with Crippen molar-refractivity contribution in [2.75, 3.05) is 4.90 Å². The average Bonchev–Trinajstić information content (AvgIpc) is 3.58. The van der Waals surface area contributed by atoms with Crippen LogP contribution in [0.4, 0.5) is 17.1 Å². The van der Waals surface area contributed by atoms with Gasteiger partial charge in [0.15, 0.2) is 0 Å². The van der Waals surface area contributed by atoms with Crippen molar-refractivity contribution in [2.24, 2.45) is 0 Å². The van der Waals surface area contributed by atoms with Gasteiger partial charge in [0.1, 0.15) is 11.2 Å². The van der Waals surface area contributed by atoms with Crippen LogP contribution >= 0.6 is 0 Å². The molecule has 0 atom stereocenters. The van der Waals surface area contributed by atoms with Crippen molar-refractivity contribution in [1.29, 1.82) is 0 Å². The van der Waals surface area contributed by atoms with Crippen LogP contribution in [0.3, 0.4) is 0 Å². The van der Waals surface area contributed by atoms with Gasteiger partial charge in [-0.25, -0.2) is 0 Å². The van der Waals surface area contributed by atoms with Gasteiger partial charge in [-0.2, -0.15) is 0 Å². The maximum absolute atomic E-state index is 6.67. The molecular weight excluding hydrogens is 607 g/mol. The van der Waals surface area contributed by atoms with E-state index >= 15 is 0 Å². The van der Waals surface area contributed by atoms with Crippen LogP contribution in [0.1, 0.15) is 0 Å². The summed E-state index contributed by atoms with van der Waals surface area (Å²) in [6.07, 6.45) is 0. The van der Waals surface area contributed by atoms with E-state index in [1.807, 2.05) is 0 Å². The minimum Gasteiger partial charge on any atom is -0.455 e. The normalized spacial score (nSPS) is 11.6. The lowest BCUT2D eigenvalue weighted by atomic mass is 9.91. The van der Waals surface area contributed by atoms with Gasteiger partial charge in [0.2, 0.25) is 0 Å². The first kappa shape index (κ1) is 28.4. The topological polar surface area (TPSA) is 16.4 Å². The largest absolute Gasteiger partial charge is 0.455 e. The fraction of sp³-hybridized carbons (Fsp3) is 0. The van der Waals surface area contributed by atoms with E-state index in [9.17, 15) is 0 Å². The third-order valence-corrected chi connectivity index (χ3v) is 10.0. The summed E-state index contributed by atoms with van der Waals surface area (Å²) in [5.41, 5.74) is 9.85. The van der Waals surface area contributed by atoms with Crippen molar-refractivity contribution < 1.29 is 4.42 Å². The minimum absolute atomic E-state index is 0.873. The predicted molar refractivity (Wildman–Crippen MR) is 212 cm³/mol. The first-order valence-corrected chi connectivity index (χ1v) is 17.1. The maximum atomic E-state index is 6.67. The Kier molecular flexibility index (Phi) is 6.53. The maximum Gasteiger partial charge on any atom is 0.143 e.